The van der Waals surface area contributed by atoms with Gasteiger partial charge in [-0.25, -0.2) is 0 Å². The summed E-state index contributed by atoms with van der Waals surface area (Å²) in [4.78, 5) is 27.0. The molecule has 0 saturated heterocycles. The number of benzene rings is 1. The zero-order chi connectivity index (χ0) is 17.9. The molecular weight excluding hydrogens is 447 g/mol. The molecule has 2 aromatic rings. The molecule has 0 aliphatic heterocycles. The number of rotatable bonds is 4. The molecule has 0 bridgehead atoms. The molecule has 3 N–H and O–H groups in total. The van der Waals surface area contributed by atoms with E-state index >= 15 is 0 Å². The van der Waals surface area contributed by atoms with E-state index in [-0.39, 0.29) is 21.4 Å². The molecule has 1 unspecified atom stereocenters. The molecule has 0 saturated carbocycles. The van der Waals surface area contributed by atoms with Crippen LogP contribution >= 0.6 is 15.9 Å². The summed E-state index contributed by atoms with van der Waals surface area (Å²) in [6.45, 7) is 1.20. The minimum atomic E-state index is -5.34. The molecule has 1 aromatic heterocycles. The van der Waals surface area contributed by atoms with E-state index in [2.05, 4.69) is 26.2 Å². The molecule has 1 heterocycles. The summed E-state index contributed by atoms with van der Waals surface area (Å²) in [7, 11) is 0. The maximum atomic E-state index is 12.5. The minimum absolute atomic E-state index is 0.0140. The monoisotopic (exact) mass is 458 g/mol. The first kappa shape index (κ1) is 18.3. The Labute approximate surface area is 148 Å². The van der Waals surface area contributed by atoms with Crippen LogP contribution in [-0.4, -0.2) is 40.2 Å². The van der Waals surface area contributed by atoms with Gasteiger partial charge in [0.15, 0.2) is 0 Å². The second-order valence-corrected chi connectivity index (χ2v) is 9.17. The molecule has 8 nitrogen and oxygen atoms in total. The Bertz CT molecular complexity index is 857. The number of hydrogen-bond acceptors (Lipinski definition) is 6. The van der Waals surface area contributed by atoms with Gasteiger partial charge in [-0.2, -0.15) is 0 Å². The Morgan fingerprint density at radius 3 is 2.62 bits per heavy atom. The first-order valence-corrected chi connectivity index (χ1v) is 10.6. The molecule has 126 valence electrons. The van der Waals surface area contributed by atoms with E-state index in [1.54, 1.807) is 0 Å². The maximum absolute atomic E-state index is 12.5. The van der Waals surface area contributed by atoms with Gasteiger partial charge in [0.25, 0.3) is 0 Å². The summed E-state index contributed by atoms with van der Waals surface area (Å²) >= 11 is -2.21. The number of halogens is 1. The number of nitrogens with one attached hydrogen (secondary N) is 1. The Balaban J connectivity index is 2.35. The van der Waals surface area contributed by atoms with Crippen LogP contribution in [0.4, 0.5) is 5.69 Å². The van der Waals surface area contributed by atoms with Crippen LogP contribution in [0.5, 0.6) is 5.75 Å². The summed E-state index contributed by atoms with van der Waals surface area (Å²) in [6, 6.07) is 4.75. The Kier molecular flexibility index (Phi) is 5.48. The van der Waals surface area contributed by atoms with Gasteiger partial charge >= 0.3 is 148 Å². The molecule has 24 heavy (non-hydrogen) atoms. The molecule has 0 fully saturated rings. The van der Waals surface area contributed by atoms with Gasteiger partial charge in [0.05, 0.1) is 0 Å². The summed E-state index contributed by atoms with van der Waals surface area (Å²) in [6.07, 6.45) is 2.63. The Morgan fingerprint density at radius 1 is 1.29 bits per heavy atom. The van der Waals surface area contributed by atoms with Crippen molar-refractivity contribution in [2.75, 3.05) is 5.32 Å². The van der Waals surface area contributed by atoms with Gasteiger partial charge in [-0.05, 0) is 0 Å². The number of aromatic nitrogens is 1. The number of carbonyl (C=O) groups excluding carboxylic acids is 2. The van der Waals surface area contributed by atoms with Crippen LogP contribution in [-0.2, 0) is 12.3 Å². The summed E-state index contributed by atoms with van der Waals surface area (Å²) < 4.78 is 27.7. The van der Waals surface area contributed by atoms with Gasteiger partial charge in [0, 0.05) is 0 Å². The van der Waals surface area contributed by atoms with Gasteiger partial charge in [-0.15, -0.1) is 0 Å². The average Bonchev–Trinajstić information content (AvgIpc) is 2.45. The first-order valence-electron chi connectivity index (χ1n) is 6.47. The fourth-order valence-electron chi connectivity index (χ4n) is 1.80. The number of hydrogen-bond donors (Lipinski definition) is 3. The quantitative estimate of drug-likeness (QED) is 0.582. The fraction of sp³-hybridized carbons (Fsp3) is 0.0714. The normalized spacial score (nSPS) is 13.0. The predicted molar refractivity (Wildman–Crippen MR) is 88.1 cm³/mol. The van der Waals surface area contributed by atoms with Gasteiger partial charge in [0.2, 0.25) is 0 Å². The van der Waals surface area contributed by atoms with E-state index < -0.39 is 26.0 Å². The van der Waals surface area contributed by atoms with Crippen molar-refractivity contribution in [3.63, 3.8) is 0 Å². The van der Waals surface area contributed by atoms with E-state index in [9.17, 15) is 22.5 Å². The summed E-state index contributed by atoms with van der Waals surface area (Å²) in [5.74, 6) is -1.77. The van der Waals surface area contributed by atoms with Crippen molar-refractivity contribution >= 4 is 52.0 Å². The van der Waals surface area contributed by atoms with E-state index in [0.29, 0.717) is 4.47 Å². The van der Waals surface area contributed by atoms with Crippen molar-refractivity contribution in [3.05, 3.63) is 46.7 Å². The van der Waals surface area contributed by atoms with Gasteiger partial charge in [0.1, 0.15) is 0 Å². The molecule has 0 spiro atoms. The average molecular weight is 459 g/mol. The van der Waals surface area contributed by atoms with Crippen molar-refractivity contribution in [2.45, 2.75) is 6.92 Å². The van der Waals surface area contributed by atoms with Crippen LogP contribution < -0.4 is 9.67 Å². The van der Waals surface area contributed by atoms with Gasteiger partial charge in [-0.3, -0.25) is 0 Å². The zero-order valence-corrected chi connectivity index (χ0v) is 15.7. The molecular formula is C14H12AsBrN2O6. The molecule has 0 aliphatic carbocycles. The fourth-order valence-corrected chi connectivity index (χ4v) is 4.50. The van der Waals surface area contributed by atoms with Gasteiger partial charge in [-0.1, -0.05) is 0 Å². The molecule has 0 radical (unpaired) electrons. The summed E-state index contributed by atoms with van der Waals surface area (Å²) in [5.41, 5.74) is -0.118. The Morgan fingerprint density at radius 2 is 2.00 bits per heavy atom. The predicted octanol–water partition coefficient (Wildman–Crippen LogP) is 0.934. The van der Waals surface area contributed by atoms with Crippen LogP contribution in [0.25, 0.3) is 0 Å². The van der Waals surface area contributed by atoms with Crippen LogP contribution in [0.3, 0.4) is 0 Å². The van der Waals surface area contributed by atoms with Crippen molar-refractivity contribution in [1.82, 2.24) is 4.98 Å². The third-order valence-electron chi connectivity index (χ3n) is 2.74. The number of pyridine rings is 1. The molecule has 2 rings (SSSR count). The third kappa shape index (κ3) is 4.47. The number of nitrogens with zero attached hydrogens (tertiary/aromatic N) is 1. The second kappa shape index (κ2) is 7.21. The van der Waals surface area contributed by atoms with E-state index in [0.717, 1.165) is 18.2 Å². The second-order valence-electron chi connectivity index (χ2n) is 4.67. The van der Waals surface area contributed by atoms with Crippen LogP contribution in [0.2, 0.25) is 0 Å². The first-order chi connectivity index (χ1) is 11.2. The van der Waals surface area contributed by atoms with Crippen molar-refractivity contribution < 1.29 is 26.3 Å². The van der Waals surface area contributed by atoms with E-state index in [1.807, 2.05) is 0 Å². The van der Waals surface area contributed by atoms with Crippen molar-refractivity contribution in [2.24, 2.45) is 0 Å². The van der Waals surface area contributed by atoms with Gasteiger partial charge < -0.3 is 0 Å². The third-order valence-corrected chi connectivity index (χ3v) is 6.14. The number of amides is 1. The van der Waals surface area contributed by atoms with Crippen LogP contribution in [0.15, 0.2) is 41.1 Å². The molecule has 0 aliphatic rings. The topological polar surface area (TPSA) is 126 Å². The Hall–Kier alpha value is -2.09. The standard InChI is InChI=1S/C14H12AsBrN2O6/c1-8(19)18-13-5-11(20)2-3-12(13)15(22,23)24-14(21)9-4-10(16)7-17-6-9/h2-7,20H,1H3,(H,18,19)(H,22,23). The van der Waals surface area contributed by atoms with E-state index in [4.69, 9.17) is 3.73 Å². The number of phenols is 1. The number of anilines is 1. The van der Waals surface area contributed by atoms with Crippen LogP contribution in [0, 0.1) is 0 Å². The SMILES string of the molecule is CC(=O)Nc1cc(O)ccc1[As](=O)(O)OC(=O)c1cncc(Br)c1. The van der Waals surface area contributed by atoms with Crippen molar-refractivity contribution in [1.29, 1.82) is 0 Å². The number of phenolic OH excluding ortho intramolecular Hbond substituents is 1. The van der Waals surface area contributed by atoms with Crippen molar-refractivity contribution in [3.8, 4) is 5.75 Å². The molecule has 10 heteroatoms. The number of carbonyl (C=O) groups is 2. The zero-order valence-electron chi connectivity index (χ0n) is 12.3. The number of aromatic hydroxyl groups is 1. The van der Waals surface area contributed by atoms with E-state index in [1.165, 1.54) is 25.4 Å². The summed E-state index contributed by atoms with van der Waals surface area (Å²) in [5, 5.41) is 11.8. The molecule has 1 atom stereocenters. The molecule has 1 amide bonds. The van der Waals surface area contributed by atoms with Crippen LogP contribution in [0.1, 0.15) is 17.3 Å². The molecule has 1 aromatic carbocycles.